The molecular formula is C9H13F2IN2O. The van der Waals surface area contributed by atoms with Gasteiger partial charge in [-0.1, -0.05) is 0 Å². The fourth-order valence-corrected chi connectivity index (χ4v) is 2.50. The minimum atomic E-state index is -2.61. The van der Waals surface area contributed by atoms with Crippen LogP contribution in [0.3, 0.4) is 0 Å². The average molecular weight is 330 g/mol. The van der Waals surface area contributed by atoms with Crippen molar-refractivity contribution in [1.29, 1.82) is 0 Å². The van der Waals surface area contributed by atoms with Crippen LogP contribution in [0.25, 0.3) is 0 Å². The Balaban J connectivity index is 3.34. The predicted octanol–water partition coefficient (Wildman–Crippen LogP) is 3.19. The van der Waals surface area contributed by atoms with Crippen LogP contribution in [0.4, 0.5) is 8.78 Å². The average Bonchev–Trinajstić information content (AvgIpc) is 2.41. The Labute approximate surface area is 101 Å². The van der Waals surface area contributed by atoms with Crippen LogP contribution < -0.4 is 4.74 Å². The summed E-state index contributed by atoms with van der Waals surface area (Å²) in [5.74, 6) is 0.167. The van der Waals surface area contributed by atoms with Crippen LogP contribution in [0.2, 0.25) is 0 Å². The quantitative estimate of drug-likeness (QED) is 0.779. The van der Waals surface area contributed by atoms with E-state index in [4.69, 9.17) is 4.74 Å². The van der Waals surface area contributed by atoms with Gasteiger partial charge in [-0.25, -0.2) is 13.5 Å². The third-order valence-corrected chi connectivity index (χ3v) is 2.81. The lowest BCUT2D eigenvalue weighted by molar-refractivity contribution is 0.140. The normalized spacial score (nSPS) is 12.3. The fraction of sp³-hybridized carbons (Fsp3) is 0.667. The Hall–Kier alpha value is -0.400. The van der Waals surface area contributed by atoms with Gasteiger partial charge in [0.1, 0.15) is 3.70 Å². The lowest BCUT2D eigenvalue weighted by Crippen LogP contribution is -2.24. The number of rotatable bonds is 2. The van der Waals surface area contributed by atoms with E-state index in [9.17, 15) is 8.78 Å². The second-order valence-corrected chi connectivity index (χ2v) is 5.11. The van der Waals surface area contributed by atoms with Crippen molar-refractivity contribution in [2.45, 2.75) is 32.7 Å². The molecule has 1 aromatic rings. The maximum absolute atomic E-state index is 12.6. The molecule has 0 amide bonds. The summed E-state index contributed by atoms with van der Waals surface area (Å²) < 4.78 is 32.4. The van der Waals surface area contributed by atoms with Crippen LogP contribution >= 0.6 is 22.6 Å². The van der Waals surface area contributed by atoms with E-state index in [1.54, 1.807) is 4.68 Å². The summed E-state index contributed by atoms with van der Waals surface area (Å²) in [5, 5.41) is 3.89. The molecule has 0 spiro atoms. The van der Waals surface area contributed by atoms with E-state index in [1.165, 1.54) is 7.11 Å². The number of methoxy groups -OCH3 is 1. The van der Waals surface area contributed by atoms with E-state index in [2.05, 4.69) is 5.10 Å². The Kier molecular flexibility index (Phi) is 3.57. The van der Waals surface area contributed by atoms with E-state index in [0.29, 0.717) is 3.70 Å². The summed E-state index contributed by atoms with van der Waals surface area (Å²) >= 11 is 1.96. The van der Waals surface area contributed by atoms with Gasteiger partial charge in [0.05, 0.1) is 12.6 Å². The van der Waals surface area contributed by atoms with Crippen LogP contribution in [0.5, 0.6) is 5.75 Å². The topological polar surface area (TPSA) is 27.1 Å². The number of halogens is 3. The zero-order valence-electron chi connectivity index (χ0n) is 9.01. The number of hydrogen-bond donors (Lipinski definition) is 0. The number of hydrogen-bond acceptors (Lipinski definition) is 2. The van der Waals surface area contributed by atoms with Crippen LogP contribution in [0.1, 0.15) is 32.9 Å². The molecule has 1 aromatic heterocycles. The van der Waals surface area contributed by atoms with Gasteiger partial charge in [0, 0.05) is 0 Å². The highest BCUT2D eigenvalue weighted by molar-refractivity contribution is 14.1. The molecular weight excluding hydrogens is 317 g/mol. The number of ether oxygens (including phenoxy) is 1. The molecule has 0 aliphatic carbocycles. The first-order valence-electron chi connectivity index (χ1n) is 4.40. The van der Waals surface area contributed by atoms with E-state index >= 15 is 0 Å². The van der Waals surface area contributed by atoms with Gasteiger partial charge in [-0.05, 0) is 43.4 Å². The Morgan fingerprint density at radius 3 is 2.20 bits per heavy atom. The van der Waals surface area contributed by atoms with E-state index in [0.717, 1.165) is 0 Å². The lowest BCUT2D eigenvalue weighted by atomic mass is 10.1. The van der Waals surface area contributed by atoms with Gasteiger partial charge in [0.15, 0.2) is 11.4 Å². The van der Waals surface area contributed by atoms with Crippen LogP contribution in [-0.4, -0.2) is 16.9 Å². The predicted molar refractivity (Wildman–Crippen MR) is 61.4 cm³/mol. The van der Waals surface area contributed by atoms with E-state index in [-0.39, 0.29) is 17.0 Å². The van der Waals surface area contributed by atoms with Crippen molar-refractivity contribution >= 4 is 22.6 Å². The van der Waals surface area contributed by atoms with Gasteiger partial charge >= 0.3 is 0 Å². The summed E-state index contributed by atoms with van der Waals surface area (Å²) in [7, 11) is 1.37. The number of nitrogens with zero attached hydrogens (tertiary/aromatic N) is 2. The molecule has 0 fully saturated rings. The van der Waals surface area contributed by atoms with Gasteiger partial charge in [-0.15, -0.1) is 0 Å². The van der Waals surface area contributed by atoms with Gasteiger partial charge in [0.25, 0.3) is 6.43 Å². The van der Waals surface area contributed by atoms with Crippen molar-refractivity contribution in [2.24, 2.45) is 0 Å². The summed E-state index contributed by atoms with van der Waals surface area (Å²) in [6.07, 6.45) is -2.61. The molecule has 3 nitrogen and oxygen atoms in total. The molecule has 0 aliphatic rings. The number of alkyl halides is 2. The second-order valence-electron chi connectivity index (χ2n) is 4.09. The molecule has 86 valence electrons. The second kappa shape index (κ2) is 4.23. The first-order valence-corrected chi connectivity index (χ1v) is 5.48. The number of aromatic nitrogens is 2. The standard InChI is InChI=1S/C9H13F2IN2O/c1-9(2,3)14-8(12)6(15-4)5(13-14)7(10)11/h7H,1-4H3. The van der Waals surface area contributed by atoms with Gasteiger partial charge in [0.2, 0.25) is 0 Å². The molecule has 15 heavy (non-hydrogen) atoms. The molecule has 0 N–H and O–H groups in total. The van der Waals surface area contributed by atoms with Gasteiger partial charge in [-0.3, -0.25) is 0 Å². The third kappa shape index (κ3) is 2.40. The highest BCUT2D eigenvalue weighted by Gasteiger charge is 2.28. The maximum Gasteiger partial charge on any atom is 0.285 e. The summed E-state index contributed by atoms with van der Waals surface area (Å²) in [4.78, 5) is 0. The minimum absolute atomic E-state index is 0.167. The van der Waals surface area contributed by atoms with Crippen LogP contribution in [0.15, 0.2) is 0 Å². The zero-order chi connectivity index (χ0) is 11.8. The summed E-state index contributed by atoms with van der Waals surface area (Å²) in [6.45, 7) is 5.70. The zero-order valence-corrected chi connectivity index (χ0v) is 11.2. The molecule has 0 aliphatic heterocycles. The van der Waals surface area contributed by atoms with Crippen LogP contribution in [-0.2, 0) is 5.54 Å². The Bertz CT molecular complexity index is 358. The van der Waals surface area contributed by atoms with E-state index in [1.807, 2.05) is 43.4 Å². The highest BCUT2D eigenvalue weighted by Crippen LogP contribution is 2.34. The van der Waals surface area contributed by atoms with Crippen molar-refractivity contribution in [1.82, 2.24) is 9.78 Å². The molecule has 0 aromatic carbocycles. The van der Waals surface area contributed by atoms with Crippen molar-refractivity contribution in [3.05, 3.63) is 9.39 Å². The smallest absolute Gasteiger partial charge is 0.285 e. The SMILES string of the molecule is COc1c(C(F)F)nn(C(C)(C)C)c1I. The monoisotopic (exact) mass is 330 g/mol. The molecule has 6 heteroatoms. The van der Waals surface area contributed by atoms with Crippen molar-refractivity contribution in [2.75, 3.05) is 7.11 Å². The molecule has 0 bridgehead atoms. The van der Waals surface area contributed by atoms with Crippen molar-refractivity contribution < 1.29 is 13.5 Å². The lowest BCUT2D eigenvalue weighted by Gasteiger charge is -2.20. The first kappa shape index (κ1) is 12.7. The minimum Gasteiger partial charge on any atom is -0.492 e. The van der Waals surface area contributed by atoms with Crippen molar-refractivity contribution in [3.8, 4) is 5.75 Å². The first-order chi connectivity index (χ1) is 6.79. The maximum atomic E-state index is 12.6. The molecule has 0 radical (unpaired) electrons. The van der Waals surface area contributed by atoms with Crippen LogP contribution in [0, 0.1) is 3.70 Å². The molecule has 0 saturated heterocycles. The largest absolute Gasteiger partial charge is 0.492 e. The Morgan fingerprint density at radius 2 is 1.93 bits per heavy atom. The molecule has 1 heterocycles. The van der Waals surface area contributed by atoms with E-state index < -0.39 is 6.43 Å². The third-order valence-electron chi connectivity index (χ3n) is 1.86. The summed E-state index contributed by atoms with van der Waals surface area (Å²) in [6, 6.07) is 0. The van der Waals surface area contributed by atoms with Crippen molar-refractivity contribution in [3.63, 3.8) is 0 Å². The molecule has 0 atom stereocenters. The summed E-state index contributed by atoms with van der Waals surface area (Å²) in [5.41, 5.74) is -0.631. The fourth-order valence-electron chi connectivity index (χ4n) is 1.17. The molecule has 0 saturated carbocycles. The highest BCUT2D eigenvalue weighted by atomic mass is 127. The molecule has 0 unspecified atom stereocenters. The van der Waals surface area contributed by atoms with Gasteiger partial charge in [-0.2, -0.15) is 5.10 Å². The Morgan fingerprint density at radius 1 is 1.40 bits per heavy atom. The molecule has 1 rings (SSSR count). The van der Waals surface area contributed by atoms with Gasteiger partial charge < -0.3 is 4.74 Å².